The SMILES string of the molecule is C=C(CCO)C(=O)OC[C@H]1OC[C@H](OC(=O)C(=C)CCO[C@@H]2O[C@H](COC(=O)C(=C)CCO)[C@@H](O)[C@H](O)[C@H]2O)[C@@H](O)[C@H]1O. The number of esters is 3. The quantitative estimate of drug-likeness (QED) is 0.0508. The molecule has 2 aliphatic rings. The standard InChI is InChI=1S/C27H40O16/c1-13(4-7-28)24(35)40-10-16-19(30)20(31)17(11-39-16)42-26(37)15(3)6-9-38-27-23(34)22(33)21(32)18(43-27)12-41-25(36)14(2)5-8-29/h16-23,27-34H,1-12H2/t16-,17+,18-,19+,20-,21-,22+,23-,27-/m1/s1. The Hall–Kier alpha value is -2.77. The molecule has 0 unspecified atom stereocenters. The van der Waals surface area contributed by atoms with Gasteiger partial charge in [-0.15, -0.1) is 0 Å². The molecule has 7 N–H and O–H groups in total. The number of carbonyl (C=O) groups is 3. The Bertz CT molecular complexity index is 997. The summed E-state index contributed by atoms with van der Waals surface area (Å²) in [6.07, 6.45) is -13.6. The lowest BCUT2D eigenvalue weighted by atomic mass is 9.99. The second-order valence-electron chi connectivity index (χ2n) is 9.89. The minimum atomic E-state index is -1.72. The largest absolute Gasteiger partial charge is 0.459 e. The smallest absolute Gasteiger partial charge is 0.333 e. The third-order valence-electron chi connectivity index (χ3n) is 6.65. The van der Waals surface area contributed by atoms with Gasteiger partial charge < -0.3 is 64.2 Å². The molecule has 2 saturated heterocycles. The van der Waals surface area contributed by atoms with Crippen LogP contribution in [0, 0.1) is 0 Å². The highest BCUT2D eigenvalue weighted by atomic mass is 16.7. The zero-order valence-electron chi connectivity index (χ0n) is 23.5. The average molecular weight is 621 g/mol. The minimum Gasteiger partial charge on any atom is -0.459 e. The van der Waals surface area contributed by atoms with Crippen LogP contribution in [-0.2, 0) is 42.8 Å². The van der Waals surface area contributed by atoms with E-state index in [9.17, 15) is 39.9 Å². The van der Waals surface area contributed by atoms with Crippen molar-refractivity contribution >= 4 is 17.9 Å². The first-order chi connectivity index (χ1) is 20.3. The maximum absolute atomic E-state index is 12.5. The summed E-state index contributed by atoms with van der Waals surface area (Å²) in [5.41, 5.74) is -0.127. The molecule has 0 aromatic carbocycles. The van der Waals surface area contributed by atoms with Crippen LogP contribution in [0.3, 0.4) is 0 Å². The molecule has 2 heterocycles. The Labute approximate surface area is 247 Å². The van der Waals surface area contributed by atoms with Crippen molar-refractivity contribution in [3.05, 3.63) is 36.5 Å². The fourth-order valence-corrected chi connectivity index (χ4v) is 3.91. The third-order valence-corrected chi connectivity index (χ3v) is 6.65. The van der Waals surface area contributed by atoms with Crippen LogP contribution in [-0.4, -0.2) is 148 Å². The molecule has 2 rings (SSSR count). The van der Waals surface area contributed by atoms with Gasteiger partial charge in [0.25, 0.3) is 0 Å². The Balaban J connectivity index is 1.80. The monoisotopic (exact) mass is 620 g/mol. The molecule has 0 radical (unpaired) electrons. The summed E-state index contributed by atoms with van der Waals surface area (Å²) >= 11 is 0. The third kappa shape index (κ3) is 10.4. The van der Waals surface area contributed by atoms with E-state index in [1.54, 1.807) is 0 Å². The first-order valence-corrected chi connectivity index (χ1v) is 13.4. The van der Waals surface area contributed by atoms with E-state index in [2.05, 4.69) is 19.7 Å². The second-order valence-corrected chi connectivity index (χ2v) is 9.89. The van der Waals surface area contributed by atoms with E-state index in [1.807, 2.05) is 0 Å². The maximum Gasteiger partial charge on any atom is 0.333 e. The van der Waals surface area contributed by atoms with Crippen molar-refractivity contribution in [2.45, 2.75) is 74.4 Å². The summed E-state index contributed by atoms with van der Waals surface area (Å²) < 4.78 is 31.3. The average Bonchev–Trinajstić information content (AvgIpc) is 2.98. The van der Waals surface area contributed by atoms with Crippen LogP contribution in [0.2, 0.25) is 0 Å². The van der Waals surface area contributed by atoms with Crippen LogP contribution in [0.15, 0.2) is 36.5 Å². The van der Waals surface area contributed by atoms with Crippen LogP contribution in [0.5, 0.6) is 0 Å². The van der Waals surface area contributed by atoms with Gasteiger partial charge in [-0.2, -0.15) is 0 Å². The van der Waals surface area contributed by atoms with Gasteiger partial charge in [0.05, 0.1) is 13.2 Å². The van der Waals surface area contributed by atoms with Crippen LogP contribution < -0.4 is 0 Å². The molecule has 0 amide bonds. The van der Waals surface area contributed by atoms with Gasteiger partial charge in [0.2, 0.25) is 0 Å². The number of hydrogen-bond donors (Lipinski definition) is 7. The van der Waals surface area contributed by atoms with Crippen molar-refractivity contribution in [3.63, 3.8) is 0 Å². The van der Waals surface area contributed by atoms with E-state index in [0.29, 0.717) is 0 Å². The van der Waals surface area contributed by atoms with Crippen molar-refractivity contribution in [1.82, 2.24) is 0 Å². The number of ether oxygens (including phenoxy) is 6. The van der Waals surface area contributed by atoms with Crippen molar-refractivity contribution in [2.75, 3.05) is 39.6 Å². The van der Waals surface area contributed by atoms with Gasteiger partial charge in [-0.1, -0.05) is 19.7 Å². The molecule has 0 aromatic rings. The summed E-state index contributed by atoms with van der Waals surface area (Å²) in [7, 11) is 0. The Morgan fingerprint density at radius 3 is 1.74 bits per heavy atom. The van der Waals surface area contributed by atoms with Crippen LogP contribution in [0.4, 0.5) is 0 Å². The summed E-state index contributed by atoms with van der Waals surface area (Å²) in [4.78, 5) is 36.2. The number of aliphatic hydroxyl groups is 7. The molecule has 43 heavy (non-hydrogen) atoms. The zero-order chi connectivity index (χ0) is 32.3. The normalized spacial score (nSPS) is 30.6. The molecule has 2 fully saturated rings. The zero-order valence-corrected chi connectivity index (χ0v) is 23.5. The van der Waals surface area contributed by atoms with Gasteiger partial charge >= 0.3 is 17.9 Å². The van der Waals surface area contributed by atoms with Crippen LogP contribution >= 0.6 is 0 Å². The second kappa shape index (κ2) is 17.5. The fourth-order valence-electron chi connectivity index (χ4n) is 3.91. The van der Waals surface area contributed by atoms with Crippen LogP contribution in [0.1, 0.15) is 19.3 Å². The molecule has 0 spiro atoms. The maximum atomic E-state index is 12.5. The van der Waals surface area contributed by atoms with E-state index in [-0.39, 0.29) is 62.4 Å². The molecule has 16 nitrogen and oxygen atoms in total. The van der Waals surface area contributed by atoms with E-state index < -0.39 is 86.2 Å². The highest BCUT2D eigenvalue weighted by molar-refractivity contribution is 5.88. The van der Waals surface area contributed by atoms with E-state index in [1.165, 1.54) is 0 Å². The molecular weight excluding hydrogens is 580 g/mol. The van der Waals surface area contributed by atoms with Gasteiger partial charge in [0.15, 0.2) is 12.4 Å². The highest BCUT2D eigenvalue weighted by Crippen LogP contribution is 2.24. The highest BCUT2D eigenvalue weighted by Gasteiger charge is 2.45. The summed E-state index contributed by atoms with van der Waals surface area (Å²) in [6.45, 7) is 8.32. The Morgan fingerprint density at radius 2 is 1.19 bits per heavy atom. The van der Waals surface area contributed by atoms with E-state index >= 15 is 0 Å². The molecular formula is C27H40O16. The molecule has 0 aromatic heterocycles. The van der Waals surface area contributed by atoms with E-state index in [0.717, 1.165) is 0 Å². The van der Waals surface area contributed by atoms with Crippen molar-refractivity contribution in [1.29, 1.82) is 0 Å². The van der Waals surface area contributed by atoms with Crippen molar-refractivity contribution < 1.29 is 78.6 Å². The van der Waals surface area contributed by atoms with Crippen molar-refractivity contribution in [3.8, 4) is 0 Å². The topological polar surface area (TPSA) is 248 Å². The lowest BCUT2D eigenvalue weighted by molar-refractivity contribution is -0.301. The Morgan fingerprint density at radius 1 is 0.674 bits per heavy atom. The first-order valence-electron chi connectivity index (χ1n) is 13.4. The first kappa shape index (κ1) is 36.4. The predicted molar refractivity (Wildman–Crippen MR) is 142 cm³/mol. The molecule has 0 aliphatic carbocycles. The summed E-state index contributed by atoms with van der Waals surface area (Å²) in [5, 5.41) is 69.0. The number of carbonyl (C=O) groups excluding carboxylic acids is 3. The van der Waals surface area contributed by atoms with Gasteiger partial charge in [0.1, 0.15) is 55.9 Å². The number of rotatable bonds is 16. The van der Waals surface area contributed by atoms with Gasteiger partial charge in [-0.05, 0) is 0 Å². The van der Waals surface area contributed by atoms with Gasteiger partial charge in [-0.3, -0.25) is 0 Å². The molecule has 0 saturated carbocycles. The van der Waals surface area contributed by atoms with Gasteiger partial charge in [-0.25, -0.2) is 14.4 Å². The molecule has 2 aliphatic heterocycles. The lowest BCUT2D eigenvalue weighted by Crippen LogP contribution is -2.59. The fraction of sp³-hybridized carbons (Fsp3) is 0.667. The van der Waals surface area contributed by atoms with Gasteiger partial charge in [0, 0.05) is 49.2 Å². The minimum absolute atomic E-state index is 0.00298. The lowest BCUT2D eigenvalue weighted by Gasteiger charge is -2.40. The number of aliphatic hydroxyl groups excluding tert-OH is 7. The Kier molecular flexibility index (Phi) is 14.8. The summed E-state index contributed by atoms with van der Waals surface area (Å²) in [6, 6.07) is 0. The molecule has 9 atom stereocenters. The van der Waals surface area contributed by atoms with Crippen molar-refractivity contribution in [2.24, 2.45) is 0 Å². The predicted octanol–water partition coefficient (Wildman–Crippen LogP) is -3.25. The summed E-state index contributed by atoms with van der Waals surface area (Å²) in [5.74, 6) is -2.61. The van der Waals surface area contributed by atoms with Crippen LogP contribution in [0.25, 0.3) is 0 Å². The molecule has 0 bridgehead atoms. The van der Waals surface area contributed by atoms with E-state index in [4.69, 9.17) is 38.6 Å². The number of hydrogen-bond acceptors (Lipinski definition) is 16. The molecule has 244 valence electrons. The molecule has 16 heteroatoms.